The lowest BCUT2D eigenvalue weighted by Crippen LogP contribution is -2.14. The van der Waals surface area contributed by atoms with Gasteiger partial charge in [0.2, 0.25) is 0 Å². The second-order valence-electron chi connectivity index (χ2n) is 8.03. The summed E-state index contributed by atoms with van der Waals surface area (Å²) in [6, 6.07) is 19.8. The summed E-state index contributed by atoms with van der Waals surface area (Å²) in [6.45, 7) is 0. The van der Waals surface area contributed by atoms with Gasteiger partial charge in [-0.25, -0.2) is 18.7 Å². The number of hydrogen-bond donors (Lipinski definition) is 2. The van der Waals surface area contributed by atoms with Crippen LogP contribution in [0.15, 0.2) is 88.8 Å². The van der Waals surface area contributed by atoms with Crippen molar-refractivity contribution < 1.29 is 22.0 Å². The highest BCUT2D eigenvalue weighted by molar-refractivity contribution is 7.80. The molecule has 0 aliphatic heterocycles. The third kappa shape index (κ3) is 6.08. The number of halogens is 2. The molecule has 37 heavy (non-hydrogen) atoms. The van der Waals surface area contributed by atoms with Gasteiger partial charge in [0.1, 0.15) is 16.6 Å². The van der Waals surface area contributed by atoms with Crippen molar-refractivity contribution >= 4 is 34.3 Å². The molecule has 188 valence electrons. The monoisotopic (exact) mass is 537 g/mol. The van der Waals surface area contributed by atoms with Crippen molar-refractivity contribution in [3.63, 3.8) is 0 Å². The predicted octanol–water partition coefficient (Wildman–Crippen LogP) is 6.35. The number of oxazole rings is 1. The first-order valence-electron chi connectivity index (χ1n) is 11.1. The van der Waals surface area contributed by atoms with Crippen molar-refractivity contribution in [3.05, 3.63) is 107 Å². The predicted molar refractivity (Wildman–Crippen MR) is 138 cm³/mol. The van der Waals surface area contributed by atoms with Gasteiger partial charge in [-0.3, -0.25) is 4.21 Å². The second kappa shape index (κ2) is 11.0. The zero-order chi connectivity index (χ0) is 25.8. The SMILES string of the molecule is O=S([O-])Nc1ccc(C[C@H](Nc2ncc(-c3ccc(F)cc3F)o2)c2csc(-c3ccccc3)n2)cc1. The van der Waals surface area contributed by atoms with Gasteiger partial charge in [0.25, 0.3) is 6.01 Å². The van der Waals surface area contributed by atoms with Gasteiger partial charge in [-0.2, -0.15) is 0 Å². The van der Waals surface area contributed by atoms with Gasteiger partial charge < -0.3 is 19.0 Å². The third-order valence-corrected chi connectivity index (χ3v) is 6.81. The summed E-state index contributed by atoms with van der Waals surface area (Å²) in [5.41, 5.74) is 3.19. The summed E-state index contributed by atoms with van der Waals surface area (Å²) in [5.74, 6) is -1.28. The van der Waals surface area contributed by atoms with Crippen LogP contribution in [0, 0.1) is 11.6 Å². The van der Waals surface area contributed by atoms with Crippen molar-refractivity contribution in [2.24, 2.45) is 0 Å². The summed E-state index contributed by atoms with van der Waals surface area (Å²) in [4.78, 5) is 9.04. The van der Waals surface area contributed by atoms with E-state index >= 15 is 0 Å². The average Bonchev–Trinajstić information content (AvgIpc) is 3.55. The molecule has 0 amide bonds. The van der Waals surface area contributed by atoms with E-state index in [9.17, 15) is 17.5 Å². The summed E-state index contributed by atoms with van der Waals surface area (Å²) < 4.78 is 57.4. The van der Waals surface area contributed by atoms with Gasteiger partial charge in [-0.15, -0.1) is 11.3 Å². The fourth-order valence-electron chi connectivity index (χ4n) is 3.73. The molecule has 0 saturated carbocycles. The number of nitrogens with one attached hydrogen (secondary N) is 2. The van der Waals surface area contributed by atoms with Crippen LogP contribution in [0.2, 0.25) is 0 Å². The Hall–Kier alpha value is -3.93. The fraction of sp³-hybridized carbons (Fsp3) is 0.0769. The van der Waals surface area contributed by atoms with Crippen LogP contribution in [0.25, 0.3) is 21.9 Å². The molecule has 0 aliphatic carbocycles. The molecule has 0 spiro atoms. The first kappa shape index (κ1) is 24.8. The van der Waals surface area contributed by atoms with Gasteiger partial charge in [0.15, 0.2) is 5.76 Å². The van der Waals surface area contributed by atoms with Crippen molar-refractivity contribution in [2.75, 3.05) is 10.0 Å². The topological polar surface area (TPSA) is 103 Å². The highest BCUT2D eigenvalue weighted by Gasteiger charge is 2.20. The van der Waals surface area contributed by atoms with Crippen molar-refractivity contribution in [1.82, 2.24) is 9.97 Å². The zero-order valence-electron chi connectivity index (χ0n) is 19.1. The smallest absolute Gasteiger partial charge is 0.295 e. The molecule has 1 unspecified atom stereocenters. The third-order valence-electron chi connectivity index (χ3n) is 5.49. The second-order valence-corrected chi connectivity index (χ2v) is 9.56. The van der Waals surface area contributed by atoms with Gasteiger partial charge in [-0.1, -0.05) is 42.5 Å². The highest BCUT2D eigenvalue weighted by atomic mass is 32.2. The minimum Gasteiger partial charge on any atom is -0.755 e. The standard InChI is InChI=1S/C26H20F2N4O3S2/c27-18-8-11-20(21(28)13-18)24-14-29-26(35-24)31-22(12-16-6-9-19(10-7-16)32-37(33)34)23-15-36-25(30-23)17-4-2-1-3-5-17/h1-11,13-15,22,32H,12H2,(H,29,31)(H,33,34)/p-1/t22-/m0/s1. The van der Waals surface area contributed by atoms with Crippen LogP contribution >= 0.6 is 11.3 Å². The lowest BCUT2D eigenvalue weighted by atomic mass is 10.0. The zero-order valence-corrected chi connectivity index (χ0v) is 20.7. The number of aromatic nitrogens is 2. The lowest BCUT2D eigenvalue weighted by molar-refractivity contribution is 0.542. The Morgan fingerprint density at radius 3 is 2.57 bits per heavy atom. The number of anilines is 2. The van der Waals surface area contributed by atoms with E-state index in [1.54, 1.807) is 12.1 Å². The minimum absolute atomic E-state index is 0.0948. The first-order valence-corrected chi connectivity index (χ1v) is 13.0. The Morgan fingerprint density at radius 1 is 1.05 bits per heavy atom. The number of nitrogens with zero attached hydrogens (tertiary/aromatic N) is 2. The van der Waals surface area contributed by atoms with Crippen molar-refractivity contribution in [2.45, 2.75) is 12.5 Å². The number of thiazole rings is 1. The van der Waals surface area contributed by atoms with E-state index in [2.05, 4.69) is 15.0 Å². The highest BCUT2D eigenvalue weighted by Crippen LogP contribution is 2.32. The molecule has 5 aromatic rings. The molecule has 0 saturated heterocycles. The van der Waals surface area contributed by atoms with Crippen LogP contribution < -0.4 is 10.0 Å². The lowest BCUT2D eigenvalue weighted by Gasteiger charge is -2.16. The molecule has 2 aromatic heterocycles. The Balaban J connectivity index is 1.42. The number of rotatable bonds is 9. The summed E-state index contributed by atoms with van der Waals surface area (Å²) in [5, 5.41) is 6.02. The Bertz CT molecular complexity index is 1520. The fourth-order valence-corrected chi connectivity index (χ4v) is 4.94. The number of benzene rings is 3. The molecule has 7 nitrogen and oxygen atoms in total. The number of hydrogen-bond acceptors (Lipinski definition) is 7. The van der Waals surface area contributed by atoms with Gasteiger partial charge in [-0.05, 0) is 36.2 Å². The Morgan fingerprint density at radius 2 is 1.84 bits per heavy atom. The van der Waals surface area contributed by atoms with Crippen LogP contribution in [-0.4, -0.2) is 18.7 Å². The molecule has 2 atom stereocenters. The molecule has 2 N–H and O–H groups in total. The average molecular weight is 538 g/mol. The molecular formula is C26H19F2N4O3S2-. The van der Waals surface area contributed by atoms with Gasteiger partial charge >= 0.3 is 0 Å². The molecule has 0 radical (unpaired) electrons. The van der Waals surface area contributed by atoms with E-state index in [1.807, 2.05) is 47.8 Å². The molecular weight excluding hydrogens is 518 g/mol. The first-order chi connectivity index (χ1) is 17.9. The van der Waals surface area contributed by atoms with E-state index in [4.69, 9.17) is 9.40 Å². The van der Waals surface area contributed by atoms with E-state index < -0.39 is 22.9 Å². The maximum absolute atomic E-state index is 14.2. The van der Waals surface area contributed by atoms with Crippen LogP contribution in [-0.2, 0) is 17.7 Å². The van der Waals surface area contributed by atoms with Crippen molar-refractivity contribution in [1.29, 1.82) is 0 Å². The van der Waals surface area contributed by atoms with Crippen LogP contribution in [0.5, 0.6) is 0 Å². The molecule has 5 rings (SSSR count). The minimum atomic E-state index is -2.41. The Labute approximate surface area is 217 Å². The molecule has 0 bridgehead atoms. The Kier molecular flexibility index (Phi) is 7.35. The summed E-state index contributed by atoms with van der Waals surface area (Å²) >= 11 is -0.910. The largest absolute Gasteiger partial charge is 0.755 e. The molecule has 0 aliphatic rings. The maximum atomic E-state index is 14.2. The van der Waals surface area contributed by atoms with Crippen LogP contribution in [0.4, 0.5) is 20.5 Å². The van der Waals surface area contributed by atoms with Gasteiger partial charge in [0, 0.05) is 34.0 Å². The molecule has 11 heteroatoms. The van der Waals surface area contributed by atoms with E-state index in [1.165, 1.54) is 23.6 Å². The summed E-state index contributed by atoms with van der Waals surface area (Å²) in [6.07, 6.45) is 1.84. The van der Waals surface area contributed by atoms with Crippen LogP contribution in [0.1, 0.15) is 17.3 Å². The van der Waals surface area contributed by atoms with Crippen molar-refractivity contribution in [3.8, 4) is 21.9 Å². The van der Waals surface area contributed by atoms with Gasteiger partial charge in [0.05, 0.1) is 23.5 Å². The molecule has 3 aromatic carbocycles. The molecule has 0 fully saturated rings. The normalized spacial score (nSPS) is 12.7. The quantitative estimate of drug-likeness (QED) is 0.213. The van der Waals surface area contributed by atoms with E-state index in [0.717, 1.165) is 34.0 Å². The van der Waals surface area contributed by atoms with Crippen LogP contribution in [0.3, 0.4) is 0 Å². The van der Waals surface area contributed by atoms with E-state index in [-0.39, 0.29) is 23.4 Å². The summed E-state index contributed by atoms with van der Waals surface area (Å²) in [7, 11) is 0. The van der Waals surface area contributed by atoms with E-state index in [0.29, 0.717) is 12.1 Å². The maximum Gasteiger partial charge on any atom is 0.295 e. The molecule has 2 heterocycles.